The van der Waals surface area contributed by atoms with E-state index < -0.39 is 10.0 Å². The molecule has 0 aromatic heterocycles. The maximum absolute atomic E-state index is 11.9. The van der Waals surface area contributed by atoms with Crippen molar-refractivity contribution < 1.29 is 13.2 Å². The molecule has 1 aromatic carbocycles. The van der Waals surface area contributed by atoms with Crippen molar-refractivity contribution in [3.05, 3.63) is 18.2 Å². The minimum atomic E-state index is -3.52. The summed E-state index contributed by atoms with van der Waals surface area (Å²) in [7, 11) is -1.96. The first-order valence-electron chi connectivity index (χ1n) is 6.24. The summed E-state index contributed by atoms with van der Waals surface area (Å²) in [5.74, 6) is -0.104. The number of hydrogen-bond donors (Lipinski definition) is 4. The summed E-state index contributed by atoms with van der Waals surface area (Å²) in [5, 5.41) is 5.46. The molecule has 0 unspecified atom stereocenters. The highest BCUT2D eigenvalue weighted by molar-refractivity contribution is 7.89. The average molecular weight is 300 g/mol. The summed E-state index contributed by atoms with van der Waals surface area (Å²) in [6.07, 6.45) is 0.278. The molecule has 0 fully saturated rings. The summed E-state index contributed by atoms with van der Waals surface area (Å²) in [6, 6.07) is 4.42. The molecule has 1 amide bonds. The largest absolute Gasteiger partial charge is 0.397 e. The van der Waals surface area contributed by atoms with Crippen molar-refractivity contribution in [2.24, 2.45) is 0 Å². The van der Waals surface area contributed by atoms with Crippen LogP contribution in [-0.4, -0.2) is 34.5 Å². The molecule has 112 valence electrons. The second-order valence-electron chi connectivity index (χ2n) is 4.10. The predicted octanol–water partition coefficient (Wildman–Crippen LogP) is 0.115. The average Bonchev–Trinajstić information content (AvgIpc) is 2.40. The molecule has 5 N–H and O–H groups in total. The third-order valence-electron chi connectivity index (χ3n) is 2.62. The SMILES string of the molecule is CCNS(=O)(=O)c1ccc(N)c(NCCC(=O)NC)c1. The normalized spacial score (nSPS) is 11.1. The van der Waals surface area contributed by atoms with Gasteiger partial charge in [0.05, 0.1) is 16.3 Å². The van der Waals surface area contributed by atoms with Crippen LogP contribution in [0.1, 0.15) is 13.3 Å². The van der Waals surface area contributed by atoms with Gasteiger partial charge in [-0.3, -0.25) is 4.79 Å². The van der Waals surface area contributed by atoms with Gasteiger partial charge >= 0.3 is 0 Å². The van der Waals surface area contributed by atoms with Gasteiger partial charge in [-0.25, -0.2) is 13.1 Å². The number of rotatable bonds is 7. The zero-order valence-corrected chi connectivity index (χ0v) is 12.4. The van der Waals surface area contributed by atoms with Gasteiger partial charge in [-0.15, -0.1) is 0 Å². The molecular weight excluding hydrogens is 280 g/mol. The Morgan fingerprint density at radius 1 is 1.35 bits per heavy atom. The molecule has 1 rings (SSSR count). The molecule has 0 atom stereocenters. The molecule has 8 heteroatoms. The van der Waals surface area contributed by atoms with E-state index in [0.29, 0.717) is 24.5 Å². The molecule has 0 aliphatic rings. The highest BCUT2D eigenvalue weighted by Gasteiger charge is 2.14. The van der Waals surface area contributed by atoms with Gasteiger partial charge in [0.25, 0.3) is 0 Å². The first-order valence-corrected chi connectivity index (χ1v) is 7.72. The van der Waals surface area contributed by atoms with Crippen molar-refractivity contribution in [1.29, 1.82) is 0 Å². The number of carbonyl (C=O) groups excluding carboxylic acids is 1. The summed E-state index contributed by atoms with van der Waals surface area (Å²) in [6.45, 7) is 2.39. The second-order valence-corrected chi connectivity index (χ2v) is 5.87. The second kappa shape index (κ2) is 7.11. The Bertz CT molecular complexity index is 572. The smallest absolute Gasteiger partial charge is 0.240 e. The number of amides is 1. The lowest BCUT2D eigenvalue weighted by atomic mass is 10.2. The van der Waals surface area contributed by atoms with Crippen LogP contribution in [0.15, 0.2) is 23.1 Å². The standard InChI is InChI=1S/C12H20N4O3S/c1-3-16-20(18,19)9-4-5-10(13)11(8-9)15-7-6-12(17)14-2/h4-5,8,15-16H,3,6-7,13H2,1-2H3,(H,14,17). The van der Waals surface area contributed by atoms with Crippen LogP contribution in [0, 0.1) is 0 Å². The van der Waals surface area contributed by atoms with E-state index in [0.717, 1.165) is 0 Å². The summed E-state index contributed by atoms with van der Waals surface area (Å²) < 4.78 is 26.2. The molecule has 0 saturated heterocycles. The van der Waals surface area contributed by atoms with Crippen LogP contribution in [-0.2, 0) is 14.8 Å². The van der Waals surface area contributed by atoms with Crippen molar-refractivity contribution >= 4 is 27.3 Å². The minimum absolute atomic E-state index is 0.104. The minimum Gasteiger partial charge on any atom is -0.397 e. The Morgan fingerprint density at radius 3 is 2.65 bits per heavy atom. The van der Waals surface area contributed by atoms with Crippen molar-refractivity contribution in [2.75, 3.05) is 31.2 Å². The van der Waals surface area contributed by atoms with Crippen LogP contribution < -0.4 is 21.1 Å². The Labute approximate surface area is 119 Å². The highest BCUT2D eigenvalue weighted by atomic mass is 32.2. The van der Waals surface area contributed by atoms with E-state index in [1.165, 1.54) is 18.2 Å². The fourth-order valence-corrected chi connectivity index (χ4v) is 2.63. The van der Waals surface area contributed by atoms with Gasteiger partial charge in [0, 0.05) is 26.6 Å². The van der Waals surface area contributed by atoms with Crippen LogP contribution in [0.25, 0.3) is 0 Å². The lowest BCUT2D eigenvalue weighted by Gasteiger charge is -2.11. The van der Waals surface area contributed by atoms with E-state index in [9.17, 15) is 13.2 Å². The maximum Gasteiger partial charge on any atom is 0.240 e. The van der Waals surface area contributed by atoms with Gasteiger partial charge in [-0.05, 0) is 18.2 Å². The van der Waals surface area contributed by atoms with Gasteiger partial charge in [-0.2, -0.15) is 0 Å². The fraction of sp³-hybridized carbons (Fsp3) is 0.417. The Kier molecular flexibility index (Phi) is 5.78. The molecule has 0 saturated carbocycles. The van der Waals surface area contributed by atoms with Gasteiger partial charge in [0.15, 0.2) is 0 Å². The monoisotopic (exact) mass is 300 g/mol. The van der Waals surface area contributed by atoms with Gasteiger partial charge < -0.3 is 16.4 Å². The highest BCUT2D eigenvalue weighted by Crippen LogP contribution is 2.22. The van der Waals surface area contributed by atoms with Gasteiger partial charge in [0.2, 0.25) is 15.9 Å². The molecule has 20 heavy (non-hydrogen) atoms. The van der Waals surface area contributed by atoms with E-state index in [-0.39, 0.29) is 17.2 Å². The topological polar surface area (TPSA) is 113 Å². The third-order valence-corrected chi connectivity index (χ3v) is 4.16. The van der Waals surface area contributed by atoms with Crippen molar-refractivity contribution in [1.82, 2.24) is 10.0 Å². The Balaban J connectivity index is 2.84. The van der Waals surface area contributed by atoms with E-state index in [2.05, 4.69) is 15.4 Å². The third kappa shape index (κ3) is 4.39. The molecule has 7 nitrogen and oxygen atoms in total. The quantitative estimate of drug-likeness (QED) is 0.534. The number of nitrogen functional groups attached to an aromatic ring is 1. The number of nitrogens with one attached hydrogen (secondary N) is 3. The molecule has 0 spiro atoms. The summed E-state index contributed by atoms with van der Waals surface area (Å²) in [4.78, 5) is 11.2. The Morgan fingerprint density at radius 2 is 2.05 bits per heavy atom. The number of nitrogens with two attached hydrogens (primary N) is 1. The van der Waals surface area contributed by atoms with Crippen molar-refractivity contribution in [3.63, 3.8) is 0 Å². The van der Waals surface area contributed by atoms with Crippen LogP contribution in [0.5, 0.6) is 0 Å². The lowest BCUT2D eigenvalue weighted by molar-refractivity contribution is -0.120. The first-order chi connectivity index (χ1) is 9.40. The zero-order chi connectivity index (χ0) is 15.2. The lowest BCUT2D eigenvalue weighted by Crippen LogP contribution is -2.23. The van der Waals surface area contributed by atoms with Crippen LogP contribution >= 0.6 is 0 Å². The van der Waals surface area contributed by atoms with Crippen LogP contribution in [0.3, 0.4) is 0 Å². The number of anilines is 2. The molecule has 0 aliphatic carbocycles. The van der Waals surface area contributed by atoms with Gasteiger partial charge in [0.1, 0.15) is 0 Å². The first kappa shape index (κ1) is 16.3. The van der Waals surface area contributed by atoms with E-state index >= 15 is 0 Å². The van der Waals surface area contributed by atoms with Crippen molar-refractivity contribution in [3.8, 4) is 0 Å². The maximum atomic E-state index is 11.9. The van der Waals surface area contributed by atoms with Crippen molar-refractivity contribution in [2.45, 2.75) is 18.2 Å². The van der Waals surface area contributed by atoms with E-state index in [1.807, 2.05) is 0 Å². The van der Waals surface area contributed by atoms with Crippen LogP contribution in [0.2, 0.25) is 0 Å². The van der Waals surface area contributed by atoms with Gasteiger partial charge in [-0.1, -0.05) is 6.92 Å². The molecule has 1 aromatic rings. The fourth-order valence-electron chi connectivity index (χ4n) is 1.56. The molecule has 0 radical (unpaired) electrons. The Hall–Kier alpha value is -1.80. The molecule has 0 aliphatic heterocycles. The predicted molar refractivity (Wildman–Crippen MR) is 78.9 cm³/mol. The molecular formula is C12H20N4O3S. The number of benzene rings is 1. The number of sulfonamides is 1. The van der Waals surface area contributed by atoms with E-state index in [1.54, 1.807) is 14.0 Å². The van der Waals surface area contributed by atoms with E-state index in [4.69, 9.17) is 5.73 Å². The number of hydrogen-bond acceptors (Lipinski definition) is 5. The molecule has 0 bridgehead atoms. The summed E-state index contributed by atoms with van der Waals surface area (Å²) >= 11 is 0. The van der Waals surface area contributed by atoms with Crippen LogP contribution in [0.4, 0.5) is 11.4 Å². The number of carbonyl (C=O) groups is 1. The summed E-state index contributed by atoms with van der Waals surface area (Å²) in [5.41, 5.74) is 6.70. The molecule has 0 heterocycles. The zero-order valence-electron chi connectivity index (χ0n) is 11.6.